The van der Waals surface area contributed by atoms with Crippen molar-refractivity contribution in [1.82, 2.24) is 15.4 Å². The number of hydrogen-bond acceptors (Lipinski definition) is 6. The van der Waals surface area contributed by atoms with Crippen LogP contribution in [0.3, 0.4) is 0 Å². The number of anilines is 1. The Morgan fingerprint density at radius 2 is 2.30 bits per heavy atom. The van der Waals surface area contributed by atoms with Crippen LogP contribution in [0.4, 0.5) is 5.82 Å². The Morgan fingerprint density at radius 3 is 3.00 bits per heavy atom. The maximum Gasteiger partial charge on any atom is 0.235 e. The summed E-state index contributed by atoms with van der Waals surface area (Å²) in [5, 5.41) is 9.51. The van der Waals surface area contributed by atoms with E-state index in [9.17, 15) is 9.59 Å². The van der Waals surface area contributed by atoms with Crippen molar-refractivity contribution in [2.24, 2.45) is 5.92 Å². The van der Waals surface area contributed by atoms with Gasteiger partial charge in [0.1, 0.15) is 5.76 Å². The van der Waals surface area contributed by atoms with Crippen molar-refractivity contribution in [3.8, 4) is 0 Å². The first-order chi connectivity index (χ1) is 11.1. The van der Waals surface area contributed by atoms with E-state index >= 15 is 0 Å². The number of aromatic nitrogens is 1. The molecule has 7 nitrogen and oxygen atoms in total. The van der Waals surface area contributed by atoms with Gasteiger partial charge in [0, 0.05) is 19.2 Å². The Morgan fingerprint density at radius 1 is 1.48 bits per heavy atom. The van der Waals surface area contributed by atoms with E-state index in [0.29, 0.717) is 23.2 Å². The number of likely N-dealkylation sites (tertiary alicyclic amines) is 1. The van der Waals surface area contributed by atoms with E-state index in [0.717, 1.165) is 32.5 Å². The van der Waals surface area contributed by atoms with Crippen molar-refractivity contribution in [1.29, 1.82) is 0 Å². The van der Waals surface area contributed by atoms with Crippen LogP contribution in [-0.2, 0) is 9.59 Å². The molecule has 1 aromatic heterocycles. The van der Waals surface area contributed by atoms with Crippen molar-refractivity contribution in [2.45, 2.75) is 19.8 Å². The van der Waals surface area contributed by atoms with Gasteiger partial charge in [0.05, 0.1) is 11.5 Å². The standard InChI is InChI=1S/C15H24N4O3S/c1-11-6-13(18-22-11)17-14(20)9-23-10-15(21)19-5-3-4-12(8-19)7-16-2/h6,12,16H,3-5,7-10H2,1-2H3,(H,17,18,20). The van der Waals surface area contributed by atoms with Crippen LogP contribution in [-0.4, -0.2) is 60.1 Å². The zero-order valence-corrected chi connectivity index (χ0v) is 14.4. The van der Waals surface area contributed by atoms with E-state index in [1.54, 1.807) is 13.0 Å². The van der Waals surface area contributed by atoms with Crippen molar-refractivity contribution in [3.05, 3.63) is 11.8 Å². The molecular formula is C15H24N4O3S. The first-order valence-electron chi connectivity index (χ1n) is 7.81. The predicted octanol–water partition coefficient (Wildman–Crippen LogP) is 1.11. The number of nitrogens with one attached hydrogen (secondary N) is 2. The van der Waals surface area contributed by atoms with Crippen LogP contribution in [0, 0.1) is 12.8 Å². The summed E-state index contributed by atoms with van der Waals surface area (Å²) in [4.78, 5) is 25.9. The third-order valence-electron chi connectivity index (χ3n) is 3.72. The highest BCUT2D eigenvalue weighted by molar-refractivity contribution is 8.00. The minimum absolute atomic E-state index is 0.112. The molecule has 0 radical (unpaired) electrons. The van der Waals surface area contributed by atoms with Gasteiger partial charge in [-0.3, -0.25) is 9.59 Å². The van der Waals surface area contributed by atoms with Gasteiger partial charge in [-0.05, 0) is 39.3 Å². The molecule has 1 aliphatic rings. The largest absolute Gasteiger partial charge is 0.360 e. The summed E-state index contributed by atoms with van der Waals surface area (Å²) < 4.78 is 4.88. The number of thioether (sulfide) groups is 1. The minimum atomic E-state index is -0.178. The minimum Gasteiger partial charge on any atom is -0.360 e. The number of nitrogens with zero attached hydrogens (tertiary/aromatic N) is 2. The summed E-state index contributed by atoms with van der Waals surface area (Å²) in [6, 6.07) is 1.66. The molecule has 2 rings (SSSR count). The van der Waals surface area contributed by atoms with E-state index in [-0.39, 0.29) is 17.6 Å². The Labute approximate surface area is 140 Å². The molecule has 2 N–H and O–H groups in total. The monoisotopic (exact) mass is 340 g/mol. The van der Waals surface area contributed by atoms with E-state index < -0.39 is 0 Å². The lowest BCUT2D eigenvalue weighted by atomic mass is 9.98. The first kappa shape index (κ1) is 17.8. The number of piperidine rings is 1. The highest BCUT2D eigenvalue weighted by atomic mass is 32.2. The lowest BCUT2D eigenvalue weighted by molar-refractivity contribution is -0.130. The molecule has 1 aromatic rings. The Balaban J connectivity index is 1.66. The van der Waals surface area contributed by atoms with Crippen LogP contribution in [0.2, 0.25) is 0 Å². The number of aryl methyl sites for hydroxylation is 1. The Hall–Kier alpha value is -1.54. The molecule has 0 aliphatic carbocycles. The summed E-state index contributed by atoms with van der Waals surface area (Å²) in [7, 11) is 1.94. The molecule has 23 heavy (non-hydrogen) atoms. The highest BCUT2D eigenvalue weighted by Gasteiger charge is 2.23. The summed E-state index contributed by atoms with van der Waals surface area (Å²) in [6.07, 6.45) is 2.21. The van der Waals surface area contributed by atoms with E-state index in [2.05, 4.69) is 15.8 Å². The summed E-state index contributed by atoms with van der Waals surface area (Å²) in [5.41, 5.74) is 0. The second kappa shape index (κ2) is 8.93. The molecule has 8 heteroatoms. The third kappa shape index (κ3) is 5.87. The van der Waals surface area contributed by atoms with Crippen LogP contribution in [0.15, 0.2) is 10.6 Å². The zero-order chi connectivity index (χ0) is 16.7. The van der Waals surface area contributed by atoms with Gasteiger partial charge >= 0.3 is 0 Å². The van der Waals surface area contributed by atoms with E-state index in [1.165, 1.54) is 11.8 Å². The topological polar surface area (TPSA) is 87.5 Å². The molecule has 1 saturated heterocycles. The molecule has 0 spiro atoms. The van der Waals surface area contributed by atoms with Gasteiger partial charge in [0.2, 0.25) is 11.8 Å². The number of carbonyl (C=O) groups is 2. The third-order valence-corrected chi connectivity index (χ3v) is 4.64. The normalized spacial score (nSPS) is 18.0. The van der Waals surface area contributed by atoms with Crippen LogP contribution in [0.1, 0.15) is 18.6 Å². The van der Waals surface area contributed by atoms with E-state index in [4.69, 9.17) is 4.52 Å². The van der Waals surface area contributed by atoms with Gasteiger partial charge in [-0.1, -0.05) is 5.16 Å². The molecular weight excluding hydrogens is 316 g/mol. The number of hydrogen-bond donors (Lipinski definition) is 2. The van der Waals surface area contributed by atoms with Crippen molar-refractivity contribution in [2.75, 3.05) is 43.5 Å². The SMILES string of the molecule is CNCC1CCCN(C(=O)CSCC(=O)Nc2cc(C)on2)C1. The molecule has 0 aromatic carbocycles. The quantitative estimate of drug-likeness (QED) is 0.773. The maximum atomic E-state index is 12.2. The molecule has 1 unspecified atom stereocenters. The maximum absolute atomic E-state index is 12.2. The molecule has 128 valence electrons. The molecule has 1 fully saturated rings. The zero-order valence-electron chi connectivity index (χ0n) is 13.6. The van der Waals surface area contributed by atoms with Gasteiger partial charge in [0.25, 0.3) is 0 Å². The lowest BCUT2D eigenvalue weighted by Crippen LogP contribution is -2.43. The average molecular weight is 340 g/mol. The Bertz CT molecular complexity index is 533. The average Bonchev–Trinajstić information content (AvgIpc) is 2.92. The molecule has 0 saturated carbocycles. The number of carbonyl (C=O) groups excluding carboxylic acids is 2. The van der Waals surface area contributed by atoms with Crippen molar-refractivity contribution in [3.63, 3.8) is 0 Å². The van der Waals surface area contributed by atoms with Crippen molar-refractivity contribution < 1.29 is 14.1 Å². The lowest BCUT2D eigenvalue weighted by Gasteiger charge is -2.32. The fourth-order valence-electron chi connectivity index (χ4n) is 2.67. The fourth-order valence-corrected chi connectivity index (χ4v) is 3.39. The van der Waals surface area contributed by atoms with Crippen LogP contribution < -0.4 is 10.6 Å². The van der Waals surface area contributed by atoms with Gasteiger partial charge in [0.15, 0.2) is 5.82 Å². The Kier molecular flexibility index (Phi) is 6.91. The van der Waals surface area contributed by atoms with Gasteiger partial charge < -0.3 is 20.1 Å². The molecule has 1 aliphatic heterocycles. The van der Waals surface area contributed by atoms with Crippen molar-refractivity contribution >= 4 is 29.4 Å². The van der Waals surface area contributed by atoms with Gasteiger partial charge in [-0.2, -0.15) is 0 Å². The first-order valence-corrected chi connectivity index (χ1v) is 8.97. The van der Waals surface area contributed by atoms with Crippen LogP contribution >= 0.6 is 11.8 Å². The number of amides is 2. The summed E-state index contributed by atoms with van der Waals surface area (Å²) >= 11 is 1.33. The van der Waals surface area contributed by atoms with Gasteiger partial charge in [-0.25, -0.2) is 0 Å². The molecule has 2 amide bonds. The molecule has 1 atom stereocenters. The highest BCUT2D eigenvalue weighted by Crippen LogP contribution is 2.17. The second-order valence-electron chi connectivity index (χ2n) is 5.77. The van der Waals surface area contributed by atoms with Gasteiger partial charge in [-0.15, -0.1) is 11.8 Å². The summed E-state index contributed by atoms with van der Waals surface area (Å²) in [5.74, 6) is 2.07. The molecule has 0 bridgehead atoms. The van der Waals surface area contributed by atoms with Crippen LogP contribution in [0.5, 0.6) is 0 Å². The predicted molar refractivity (Wildman–Crippen MR) is 90.4 cm³/mol. The summed E-state index contributed by atoms with van der Waals surface area (Å²) in [6.45, 7) is 4.33. The second-order valence-corrected chi connectivity index (χ2v) is 6.76. The van der Waals surface area contributed by atoms with Crippen LogP contribution in [0.25, 0.3) is 0 Å². The molecule has 2 heterocycles. The fraction of sp³-hybridized carbons (Fsp3) is 0.667. The van der Waals surface area contributed by atoms with E-state index in [1.807, 2.05) is 11.9 Å². The smallest absolute Gasteiger partial charge is 0.235 e. The number of rotatable bonds is 7.